The number of likely N-dealkylation sites (tertiary alicyclic amines) is 1. The van der Waals surface area contributed by atoms with E-state index in [0.717, 1.165) is 95.2 Å². The van der Waals surface area contributed by atoms with Crippen molar-refractivity contribution >= 4 is 93.2 Å². The molecule has 396 valence electrons. The molecule has 20 nitrogen and oxygen atoms in total. The van der Waals surface area contributed by atoms with Gasteiger partial charge in [-0.1, -0.05) is 11.6 Å². The van der Waals surface area contributed by atoms with Crippen LogP contribution >= 0.6 is 18.7 Å². The Bertz CT molecular complexity index is 3330. The number of hydrogen-bond donors (Lipinski definition) is 3. The van der Waals surface area contributed by atoms with Crippen LogP contribution in [0.25, 0.3) is 22.2 Å². The van der Waals surface area contributed by atoms with Crippen molar-refractivity contribution in [1.82, 2.24) is 49.7 Å². The summed E-state index contributed by atoms with van der Waals surface area (Å²) in [5.74, 6) is -1.44. The monoisotopic (exact) mass is 1070 g/mol. The lowest BCUT2D eigenvalue weighted by Crippen LogP contribution is -2.54. The molecule has 3 aromatic carbocycles. The number of anilines is 6. The minimum Gasteiger partial charge on any atom is -0.494 e. The normalized spacial score (nSPS) is 19.4. The molecule has 0 aliphatic carbocycles. The van der Waals surface area contributed by atoms with Crippen molar-refractivity contribution in [3.63, 3.8) is 0 Å². The van der Waals surface area contributed by atoms with Gasteiger partial charge in [0.1, 0.15) is 35.2 Å². The number of rotatable bonds is 13. The summed E-state index contributed by atoms with van der Waals surface area (Å²) >= 11 is 6.64. The van der Waals surface area contributed by atoms with Crippen LogP contribution in [0.5, 0.6) is 5.75 Å². The van der Waals surface area contributed by atoms with E-state index >= 15 is 4.39 Å². The highest BCUT2D eigenvalue weighted by Crippen LogP contribution is 2.45. The second-order valence-electron chi connectivity index (χ2n) is 20.6. The molecule has 76 heavy (non-hydrogen) atoms. The van der Waals surface area contributed by atoms with Crippen LogP contribution in [0.3, 0.4) is 0 Å². The second kappa shape index (κ2) is 20.8. The molecule has 5 aliphatic rings. The molecule has 3 N–H and O–H groups in total. The number of halogens is 2. The Hall–Kier alpha value is -7.06. The zero-order chi connectivity index (χ0) is 53.0. The zero-order valence-electron chi connectivity index (χ0n) is 42.8. The number of ether oxygens (including phenoxy) is 1. The SMILES string of the molecule is COc1cc(N2CCC(N3CCC(CN4CCN(c5ccc6c(c5)C(=O)N(C5CCC(=O)NC5=O)C6=O)CC4)CC3)CC2)c(-c2cnn(C)c2)c(F)c1Nc1ncc(Cl)c(Nc2ccc3nccnc3c2P(C)(C)=O)n1. The summed E-state index contributed by atoms with van der Waals surface area (Å²) in [6.45, 7) is 11.2. The van der Waals surface area contributed by atoms with E-state index in [-0.39, 0.29) is 46.6 Å². The number of piperazine rings is 1. The van der Waals surface area contributed by atoms with Gasteiger partial charge in [-0.05, 0) is 94.8 Å². The first-order chi connectivity index (χ1) is 36.6. The predicted octanol–water partition coefficient (Wildman–Crippen LogP) is 6.26. The number of benzene rings is 3. The molecule has 4 saturated heterocycles. The summed E-state index contributed by atoms with van der Waals surface area (Å²) in [4.78, 5) is 79.5. The Morgan fingerprint density at radius 3 is 2.30 bits per heavy atom. The maximum absolute atomic E-state index is 17.4. The zero-order valence-corrected chi connectivity index (χ0v) is 44.4. The van der Waals surface area contributed by atoms with Crippen LogP contribution in [-0.4, -0.2) is 159 Å². The van der Waals surface area contributed by atoms with Crippen molar-refractivity contribution in [2.24, 2.45) is 13.0 Å². The standard InChI is InChI=1S/C53H59ClFN14O6P/c1-64-30-32(27-59-64)44-41(26-42(75-2)47(45(44)55)62-53-58-28-37(54)49(63-53)60-39-8-7-38-46(57-16-15-56-38)48(39)76(3,4)74)68-19-13-33(14-20-68)66-17-11-31(12-18-66)29-65-21-23-67(24-22-65)34-5-6-35-36(25-34)52(73)69(51(35)72)40-9-10-43(70)61-50(40)71/h5-8,15-16,25-28,30-31,33,40H,9-14,17-24,29H2,1-4H3,(H,61,70,71)(H2,58,60,62,63). The minimum atomic E-state index is -2.90. The predicted molar refractivity (Wildman–Crippen MR) is 289 cm³/mol. The fraction of sp³-hybridized carbons (Fsp3) is 0.415. The van der Waals surface area contributed by atoms with E-state index in [1.54, 1.807) is 74.1 Å². The summed E-state index contributed by atoms with van der Waals surface area (Å²) in [7, 11) is 0.407. The third-order valence-electron chi connectivity index (χ3n) is 15.5. The van der Waals surface area contributed by atoms with Gasteiger partial charge in [0.25, 0.3) is 11.8 Å². The molecule has 1 unspecified atom stereocenters. The molecular weight excluding hydrogens is 1010 g/mol. The number of nitrogens with zero attached hydrogens (tertiary/aromatic N) is 11. The van der Waals surface area contributed by atoms with Crippen LogP contribution in [0, 0.1) is 11.7 Å². The molecule has 0 saturated carbocycles. The lowest BCUT2D eigenvalue weighted by Gasteiger charge is -2.44. The highest BCUT2D eigenvalue weighted by atomic mass is 35.5. The quantitative estimate of drug-likeness (QED) is 0.0859. The first-order valence-electron chi connectivity index (χ1n) is 25.7. The van der Waals surface area contributed by atoms with Crippen molar-refractivity contribution in [1.29, 1.82) is 0 Å². The van der Waals surface area contributed by atoms with Gasteiger partial charge in [0, 0.05) is 107 Å². The van der Waals surface area contributed by atoms with E-state index in [1.165, 1.54) is 13.3 Å². The molecule has 4 fully saturated rings. The van der Waals surface area contributed by atoms with E-state index in [2.05, 4.69) is 60.6 Å². The van der Waals surface area contributed by atoms with Crippen molar-refractivity contribution in [3.05, 3.63) is 89.3 Å². The Morgan fingerprint density at radius 1 is 0.842 bits per heavy atom. The first kappa shape index (κ1) is 51.1. The van der Waals surface area contributed by atoms with Crippen molar-refractivity contribution < 1.29 is 32.9 Å². The van der Waals surface area contributed by atoms with Crippen LogP contribution < -0.4 is 35.8 Å². The van der Waals surface area contributed by atoms with Crippen molar-refractivity contribution in [2.45, 2.75) is 50.6 Å². The van der Waals surface area contributed by atoms with E-state index < -0.39 is 42.6 Å². The molecule has 0 radical (unpaired) electrons. The Balaban J connectivity index is 0.711. The average Bonchev–Trinajstić information content (AvgIpc) is 3.97. The number of methoxy groups -OCH3 is 1. The number of carbonyl (C=O) groups is 4. The largest absolute Gasteiger partial charge is 0.494 e. The Kier molecular flexibility index (Phi) is 14.0. The van der Waals surface area contributed by atoms with E-state index in [9.17, 15) is 23.7 Å². The van der Waals surface area contributed by atoms with Gasteiger partial charge in [0.15, 0.2) is 11.6 Å². The third kappa shape index (κ3) is 9.96. The molecular formula is C53H59ClFN14O6P. The van der Waals surface area contributed by atoms with Crippen LogP contribution in [0.1, 0.15) is 59.2 Å². The number of aryl methyl sites for hydroxylation is 1. The summed E-state index contributed by atoms with van der Waals surface area (Å²) in [5, 5.41) is 13.7. The molecule has 4 amide bonds. The molecule has 0 bridgehead atoms. The molecule has 11 rings (SSSR count). The van der Waals surface area contributed by atoms with Gasteiger partial charge in [-0.2, -0.15) is 10.1 Å². The molecule has 6 aromatic rings. The highest BCUT2D eigenvalue weighted by molar-refractivity contribution is 7.71. The summed E-state index contributed by atoms with van der Waals surface area (Å²) in [5.41, 5.74) is 4.80. The third-order valence-corrected chi connectivity index (χ3v) is 17.3. The van der Waals surface area contributed by atoms with Crippen LogP contribution in [-0.2, 0) is 21.2 Å². The summed E-state index contributed by atoms with van der Waals surface area (Å²) < 4.78 is 38.5. The maximum Gasteiger partial charge on any atom is 0.262 e. The number of hydrogen-bond acceptors (Lipinski definition) is 17. The molecule has 8 heterocycles. The van der Waals surface area contributed by atoms with Gasteiger partial charge < -0.3 is 34.6 Å². The van der Waals surface area contributed by atoms with Crippen LogP contribution in [0.15, 0.2) is 67.4 Å². The van der Waals surface area contributed by atoms with Gasteiger partial charge in [0.05, 0.1) is 52.8 Å². The van der Waals surface area contributed by atoms with Gasteiger partial charge in [0.2, 0.25) is 17.8 Å². The van der Waals surface area contributed by atoms with E-state index in [0.29, 0.717) is 56.4 Å². The lowest BCUT2D eigenvalue weighted by molar-refractivity contribution is -0.136. The molecule has 1 atom stereocenters. The number of piperidine rings is 3. The Morgan fingerprint density at radius 2 is 1.59 bits per heavy atom. The van der Waals surface area contributed by atoms with Crippen LogP contribution in [0.2, 0.25) is 5.02 Å². The number of carbonyl (C=O) groups excluding carboxylic acids is 4. The fourth-order valence-corrected chi connectivity index (χ4v) is 13.1. The first-order valence-corrected chi connectivity index (χ1v) is 28.7. The highest BCUT2D eigenvalue weighted by Gasteiger charge is 2.45. The van der Waals surface area contributed by atoms with Gasteiger partial charge in [-0.25, -0.2) is 9.37 Å². The minimum absolute atomic E-state index is 0.0448. The molecule has 23 heteroatoms. The van der Waals surface area contributed by atoms with Gasteiger partial charge >= 0.3 is 0 Å². The van der Waals surface area contributed by atoms with Crippen molar-refractivity contribution in [3.8, 4) is 16.9 Å². The van der Waals surface area contributed by atoms with E-state index in [1.807, 2.05) is 12.1 Å². The smallest absolute Gasteiger partial charge is 0.262 e. The van der Waals surface area contributed by atoms with Crippen molar-refractivity contribution in [2.75, 3.05) is 99.8 Å². The van der Waals surface area contributed by atoms with E-state index in [4.69, 9.17) is 16.3 Å². The number of imide groups is 2. The van der Waals surface area contributed by atoms with Gasteiger partial charge in [-0.3, -0.25) is 48.9 Å². The summed E-state index contributed by atoms with van der Waals surface area (Å²) in [6, 6.07) is 10.2. The number of aromatic nitrogens is 6. The lowest BCUT2D eigenvalue weighted by atomic mass is 9.92. The molecule has 3 aromatic heterocycles. The molecule has 5 aliphatic heterocycles. The Labute approximate surface area is 443 Å². The topological polar surface area (TPSA) is 216 Å². The maximum atomic E-state index is 17.4. The summed E-state index contributed by atoms with van der Waals surface area (Å²) in [6.07, 6.45) is 12.3. The van der Waals surface area contributed by atoms with Crippen LogP contribution in [0.4, 0.5) is 38.9 Å². The number of nitrogens with one attached hydrogen (secondary N) is 3. The van der Waals surface area contributed by atoms with Gasteiger partial charge in [-0.15, -0.1) is 0 Å². The fourth-order valence-electron chi connectivity index (χ4n) is 11.6. The second-order valence-corrected chi connectivity index (χ2v) is 24.2. The molecule has 0 spiro atoms. The number of fused-ring (bicyclic) bond motifs is 2. The average molecular weight is 1070 g/mol. The number of amides is 4.